The summed E-state index contributed by atoms with van der Waals surface area (Å²) >= 11 is 0. The fourth-order valence-corrected chi connectivity index (χ4v) is 2.08. The third-order valence-corrected chi connectivity index (χ3v) is 2.96. The van der Waals surface area contributed by atoms with Crippen LogP contribution in [0.2, 0.25) is 0 Å². The summed E-state index contributed by atoms with van der Waals surface area (Å²) in [4.78, 5) is 14.1. The minimum absolute atomic E-state index is 0.139. The van der Waals surface area contributed by atoms with Crippen molar-refractivity contribution in [3.05, 3.63) is 24.3 Å². The lowest BCUT2D eigenvalue weighted by Crippen LogP contribution is -2.36. The highest BCUT2D eigenvalue weighted by Gasteiger charge is 2.12. The van der Waals surface area contributed by atoms with Crippen LogP contribution < -0.4 is 10.1 Å². The van der Waals surface area contributed by atoms with Crippen molar-refractivity contribution >= 4 is 11.6 Å². The summed E-state index contributed by atoms with van der Waals surface area (Å²) in [7, 11) is 0. The highest BCUT2D eigenvalue weighted by atomic mass is 16.5. The molecule has 0 aromatic heterocycles. The third kappa shape index (κ3) is 5.11. The summed E-state index contributed by atoms with van der Waals surface area (Å²) in [5.74, 6) is 0.931. The molecule has 0 aliphatic heterocycles. The maximum absolute atomic E-state index is 12.2. The Bertz CT molecular complexity index is 401. The summed E-state index contributed by atoms with van der Waals surface area (Å²) in [6.07, 6.45) is 1.97. The second-order valence-electron chi connectivity index (χ2n) is 4.66. The minimum Gasteiger partial charge on any atom is -0.492 e. The molecule has 0 atom stereocenters. The van der Waals surface area contributed by atoms with Crippen LogP contribution in [0.4, 0.5) is 5.69 Å². The average Bonchev–Trinajstić information content (AvgIpc) is 2.46. The Balaban J connectivity index is 2.59. The molecule has 0 aliphatic rings. The van der Waals surface area contributed by atoms with Crippen molar-refractivity contribution in [1.82, 2.24) is 4.90 Å². The van der Waals surface area contributed by atoms with Gasteiger partial charge in [0.15, 0.2) is 0 Å². The number of amides is 1. The molecule has 0 fully saturated rings. The molecule has 1 rings (SSSR count). The Morgan fingerprint density at radius 2 is 1.80 bits per heavy atom. The molecule has 20 heavy (non-hydrogen) atoms. The SMILES string of the molecule is CCCN(CCC)C(=O)CNc1ccccc1OCC. The summed E-state index contributed by atoms with van der Waals surface area (Å²) in [5.41, 5.74) is 0.871. The number of nitrogens with one attached hydrogen (secondary N) is 1. The van der Waals surface area contributed by atoms with Crippen LogP contribution in [0.3, 0.4) is 0 Å². The monoisotopic (exact) mass is 278 g/mol. The van der Waals surface area contributed by atoms with Crippen LogP contribution in [0.1, 0.15) is 33.6 Å². The summed E-state index contributed by atoms with van der Waals surface area (Å²) in [5, 5.41) is 3.18. The van der Waals surface area contributed by atoms with E-state index in [2.05, 4.69) is 19.2 Å². The maximum Gasteiger partial charge on any atom is 0.241 e. The van der Waals surface area contributed by atoms with Crippen molar-refractivity contribution < 1.29 is 9.53 Å². The van der Waals surface area contributed by atoms with Gasteiger partial charge in [0.2, 0.25) is 5.91 Å². The molecular weight excluding hydrogens is 252 g/mol. The van der Waals surface area contributed by atoms with Gasteiger partial charge in [-0.15, -0.1) is 0 Å². The van der Waals surface area contributed by atoms with Gasteiger partial charge in [-0.05, 0) is 31.9 Å². The van der Waals surface area contributed by atoms with Crippen molar-refractivity contribution in [3.8, 4) is 5.75 Å². The van der Waals surface area contributed by atoms with E-state index >= 15 is 0 Å². The number of nitrogens with zero attached hydrogens (tertiary/aromatic N) is 1. The Morgan fingerprint density at radius 1 is 1.15 bits per heavy atom. The molecule has 0 radical (unpaired) electrons. The Labute approximate surface area is 122 Å². The maximum atomic E-state index is 12.2. The molecule has 1 aromatic rings. The second kappa shape index (κ2) is 9.23. The minimum atomic E-state index is 0.139. The lowest BCUT2D eigenvalue weighted by atomic mass is 10.3. The van der Waals surface area contributed by atoms with Crippen LogP contribution in [0, 0.1) is 0 Å². The Hall–Kier alpha value is -1.71. The predicted octanol–water partition coefficient (Wildman–Crippen LogP) is 3.15. The topological polar surface area (TPSA) is 41.6 Å². The van der Waals surface area contributed by atoms with Crippen LogP contribution in [0.5, 0.6) is 5.75 Å². The number of rotatable bonds is 9. The number of benzene rings is 1. The van der Waals surface area contributed by atoms with Crippen molar-refractivity contribution in [2.45, 2.75) is 33.6 Å². The standard InChI is InChI=1S/C16H26N2O2/c1-4-11-18(12-5-2)16(19)13-17-14-9-7-8-10-15(14)20-6-3/h7-10,17H,4-6,11-13H2,1-3H3. The van der Waals surface area contributed by atoms with Gasteiger partial charge in [-0.2, -0.15) is 0 Å². The van der Waals surface area contributed by atoms with E-state index in [1.54, 1.807) is 0 Å². The zero-order chi connectivity index (χ0) is 14.8. The second-order valence-corrected chi connectivity index (χ2v) is 4.66. The number of carbonyl (C=O) groups is 1. The first-order valence-corrected chi connectivity index (χ1v) is 7.46. The Kier molecular flexibility index (Phi) is 7.55. The van der Waals surface area contributed by atoms with Crippen LogP contribution in [0.15, 0.2) is 24.3 Å². The smallest absolute Gasteiger partial charge is 0.241 e. The van der Waals surface area contributed by atoms with Gasteiger partial charge < -0.3 is 15.0 Å². The van der Waals surface area contributed by atoms with E-state index in [4.69, 9.17) is 4.74 Å². The molecule has 0 heterocycles. The molecule has 0 bridgehead atoms. The lowest BCUT2D eigenvalue weighted by molar-refractivity contribution is -0.129. The van der Waals surface area contributed by atoms with Crippen LogP contribution in [-0.4, -0.2) is 37.0 Å². The third-order valence-electron chi connectivity index (χ3n) is 2.96. The average molecular weight is 278 g/mol. The molecule has 4 heteroatoms. The number of hydrogen-bond acceptors (Lipinski definition) is 3. The van der Waals surface area contributed by atoms with Crippen molar-refractivity contribution in [2.24, 2.45) is 0 Å². The molecule has 0 spiro atoms. The van der Waals surface area contributed by atoms with Crippen LogP contribution in [0.25, 0.3) is 0 Å². The lowest BCUT2D eigenvalue weighted by Gasteiger charge is -2.22. The van der Waals surface area contributed by atoms with E-state index < -0.39 is 0 Å². The van der Waals surface area contributed by atoms with Gasteiger partial charge in [-0.1, -0.05) is 26.0 Å². The molecule has 1 aromatic carbocycles. The van der Waals surface area contributed by atoms with E-state index in [0.717, 1.165) is 37.4 Å². The quantitative estimate of drug-likeness (QED) is 0.754. The van der Waals surface area contributed by atoms with E-state index in [9.17, 15) is 4.79 Å². The molecular formula is C16H26N2O2. The normalized spacial score (nSPS) is 10.2. The van der Waals surface area contributed by atoms with Gasteiger partial charge in [-0.25, -0.2) is 0 Å². The largest absolute Gasteiger partial charge is 0.492 e. The summed E-state index contributed by atoms with van der Waals surface area (Å²) in [6.45, 7) is 8.70. The van der Waals surface area contributed by atoms with E-state index in [1.807, 2.05) is 36.1 Å². The Morgan fingerprint density at radius 3 is 2.40 bits per heavy atom. The van der Waals surface area contributed by atoms with Gasteiger partial charge in [0, 0.05) is 13.1 Å². The van der Waals surface area contributed by atoms with Crippen LogP contribution in [-0.2, 0) is 4.79 Å². The molecule has 0 unspecified atom stereocenters. The fourth-order valence-electron chi connectivity index (χ4n) is 2.08. The van der Waals surface area contributed by atoms with E-state index in [0.29, 0.717) is 13.2 Å². The molecule has 0 aliphatic carbocycles. The summed E-state index contributed by atoms with van der Waals surface area (Å²) in [6, 6.07) is 7.71. The van der Waals surface area contributed by atoms with Gasteiger partial charge in [-0.3, -0.25) is 4.79 Å². The van der Waals surface area contributed by atoms with Crippen molar-refractivity contribution in [3.63, 3.8) is 0 Å². The van der Waals surface area contributed by atoms with Gasteiger partial charge in [0.25, 0.3) is 0 Å². The number of hydrogen-bond donors (Lipinski definition) is 1. The summed E-state index contributed by atoms with van der Waals surface area (Å²) < 4.78 is 5.54. The first-order chi connectivity index (χ1) is 9.72. The van der Waals surface area contributed by atoms with Crippen molar-refractivity contribution in [2.75, 3.05) is 31.6 Å². The van der Waals surface area contributed by atoms with Gasteiger partial charge in [0.1, 0.15) is 5.75 Å². The molecule has 4 nitrogen and oxygen atoms in total. The number of para-hydroxylation sites is 2. The molecule has 0 saturated heterocycles. The highest BCUT2D eigenvalue weighted by Crippen LogP contribution is 2.23. The predicted molar refractivity (Wildman–Crippen MR) is 83.3 cm³/mol. The first-order valence-electron chi connectivity index (χ1n) is 7.46. The zero-order valence-corrected chi connectivity index (χ0v) is 12.8. The molecule has 112 valence electrons. The van der Waals surface area contributed by atoms with E-state index in [-0.39, 0.29) is 5.91 Å². The van der Waals surface area contributed by atoms with Gasteiger partial charge in [0.05, 0.1) is 18.8 Å². The fraction of sp³-hybridized carbons (Fsp3) is 0.562. The first kappa shape index (κ1) is 16.3. The highest BCUT2D eigenvalue weighted by molar-refractivity contribution is 5.81. The van der Waals surface area contributed by atoms with Crippen molar-refractivity contribution in [1.29, 1.82) is 0 Å². The van der Waals surface area contributed by atoms with Gasteiger partial charge >= 0.3 is 0 Å². The van der Waals surface area contributed by atoms with Crippen LogP contribution >= 0.6 is 0 Å². The molecule has 1 N–H and O–H groups in total. The number of ether oxygens (including phenoxy) is 1. The number of anilines is 1. The molecule has 1 amide bonds. The van der Waals surface area contributed by atoms with E-state index in [1.165, 1.54) is 0 Å². The number of carbonyl (C=O) groups excluding carboxylic acids is 1. The molecule has 0 saturated carbocycles. The zero-order valence-electron chi connectivity index (χ0n) is 12.8.